The summed E-state index contributed by atoms with van der Waals surface area (Å²) in [6, 6.07) is 16.6. The number of para-hydroxylation sites is 2. The zero-order valence-electron chi connectivity index (χ0n) is 17.3. The summed E-state index contributed by atoms with van der Waals surface area (Å²) < 4.78 is 8.79. The summed E-state index contributed by atoms with van der Waals surface area (Å²) in [6.45, 7) is 7.73. The molecule has 0 amide bonds. The maximum absolute atomic E-state index is 6.54. The van der Waals surface area contributed by atoms with Crippen LogP contribution in [0.2, 0.25) is 5.02 Å². The van der Waals surface area contributed by atoms with Crippen LogP contribution in [0.5, 0.6) is 0 Å². The second-order valence-corrected chi connectivity index (χ2v) is 8.33. The van der Waals surface area contributed by atoms with E-state index in [4.69, 9.17) is 21.3 Å². The van der Waals surface area contributed by atoms with Crippen molar-refractivity contribution < 1.29 is 4.74 Å². The van der Waals surface area contributed by atoms with Crippen LogP contribution in [0.3, 0.4) is 0 Å². The smallest absolute Gasteiger partial charge is 0.135 e. The standard InChI is InChI=1S/C24H30ClN3O/c1-3-7-18-14-26-15-22(24(18)17-10-12-19(25)13-11-17)29-16-23-27-20-8-5-6-9-21(20)28(23)4-2/h5-6,8-13,18,22,24,26H,3-4,7,14-16H2,1-2H3. The maximum Gasteiger partial charge on any atom is 0.135 e. The zero-order valence-corrected chi connectivity index (χ0v) is 18.0. The Labute approximate surface area is 178 Å². The van der Waals surface area contributed by atoms with Crippen LogP contribution in [-0.2, 0) is 17.9 Å². The quantitative estimate of drug-likeness (QED) is 0.565. The number of hydrogen-bond donors (Lipinski definition) is 1. The number of ether oxygens (including phenoxy) is 1. The lowest BCUT2D eigenvalue weighted by molar-refractivity contribution is -0.0110. The first-order valence-electron chi connectivity index (χ1n) is 10.7. The Morgan fingerprint density at radius 2 is 1.90 bits per heavy atom. The molecule has 2 aromatic carbocycles. The number of aryl methyl sites for hydroxylation is 1. The summed E-state index contributed by atoms with van der Waals surface area (Å²) in [5.74, 6) is 1.93. The maximum atomic E-state index is 6.54. The SMILES string of the molecule is CCCC1CNCC(OCc2nc3ccccc3n2CC)C1c1ccc(Cl)cc1. The first-order chi connectivity index (χ1) is 14.2. The largest absolute Gasteiger partial charge is 0.368 e. The lowest BCUT2D eigenvalue weighted by Crippen LogP contribution is -2.46. The number of nitrogens with zero attached hydrogens (tertiary/aromatic N) is 2. The first-order valence-corrected chi connectivity index (χ1v) is 11.1. The minimum Gasteiger partial charge on any atom is -0.368 e. The van der Waals surface area contributed by atoms with E-state index in [0.717, 1.165) is 36.0 Å². The Morgan fingerprint density at radius 3 is 2.66 bits per heavy atom. The van der Waals surface area contributed by atoms with Crippen LogP contribution >= 0.6 is 11.6 Å². The van der Waals surface area contributed by atoms with Crippen molar-refractivity contribution in [1.29, 1.82) is 0 Å². The fraction of sp³-hybridized carbons (Fsp3) is 0.458. The molecule has 2 heterocycles. The van der Waals surface area contributed by atoms with Gasteiger partial charge in [0.2, 0.25) is 0 Å². The van der Waals surface area contributed by atoms with Gasteiger partial charge in [-0.05, 0) is 55.6 Å². The fourth-order valence-corrected chi connectivity index (χ4v) is 4.85. The van der Waals surface area contributed by atoms with E-state index in [1.165, 1.54) is 23.9 Å². The van der Waals surface area contributed by atoms with E-state index < -0.39 is 0 Å². The molecule has 5 heteroatoms. The van der Waals surface area contributed by atoms with Gasteiger partial charge in [0.1, 0.15) is 12.4 Å². The minimum absolute atomic E-state index is 0.117. The molecule has 3 aromatic rings. The molecule has 4 rings (SSSR count). The summed E-state index contributed by atoms with van der Waals surface area (Å²) in [4.78, 5) is 4.83. The van der Waals surface area contributed by atoms with Crippen molar-refractivity contribution in [2.45, 2.75) is 51.9 Å². The second-order valence-electron chi connectivity index (χ2n) is 7.89. The first kappa shape index (κ1) is 20.4. The van der Waals surface area contributed by atoms with Crippen LogP contribution in [0.25, 0.3) is 11.0 Å². The number of imidazole rings is 1. The molecule has 0 saturated carbocycles. The van der Waals surface area contributed by atoms with Crippen molar-refractivity contribution in [3.05, 3.63) is 64.9 Å². The number of nitrogens with one attached hydrogen (secondary N) is 1. The van der Waals surface area contributed by atoms with Crippen molar-refractivity contribution in [2.75, 3.05) is 13.1 Å². The Bertz CT molecular complexity index is 935. The molecule has 0 bridgehead atoms. The Balaban J connectivity index is 1.58. The van der Waals surface area contributed by atoms with E-state index in [1.807, 2.05) is 18.2 Å². The molecule has 1 aromatic heterocycles. The molecule has 1 aliphatic heterocycles. The third-order valence-corrected chi connectivity index (χ3v) is 6.30. The summed E-state index contributed by atoms with van der Waals surface area (Å²) in [7, 11) is 0. The summed E-state index contributed by atoms with van der Waals surface area (Å²) in [6.07, 6.45) is 2.48. The molecule has 1 fully saturated rings. The van der Waals surface area contributed by atoms with Crippen LogP contribution in [0, 0.1) is 5.92 Å². The number of fused-ring (bicyclic) bond motifs is 1. The fourth-order valence-electron chi connectivity index (χ4n) is 4.73. The molecule has 0 spiro atoms. The average Bonchev–Trinajstić information content (AvgIpc) is 3.11. The number of hydrogen-bond acceptors (Lipinski definition) is 3. The molecular weight excluding hydrogens is 382 g/mol. The molecule has 1 N–H and O–H groups in total. The van der Waals surface area contributed by atoms with Gasteiger partial charge in [0.15, 0.2) is 0 Å². The van der Waals surface area contributed by atoms with Gasteiger partial charge in [-0.2, -0.15) is 0 Å². The molecule has 0 aliphatic carbocycles. The van der Waals surface area contributed by atoms with Gasteiger partial charge in [0.25, 0.3) is 0 Å². The molecule has 3 atom stereocenters. The highest BCUT2D eigenvalue weighted by molar-refractivity contribution is 6.30. The minimum atomic E-state index is 0.117. The monoisotopic (exact) mass is 411 g/mol. The summed E-state index contributed by atoms with van der Waals surface area (Å²) in [5, 5.41) is 4.38. The van der Waals surface area contributed by atoms with Gasteiger partial charge in [-0.1, -0.05) is 49.2 Å². The highest BCUT2D eigenvalue weighted by Gasteiger charge is 2.34. The Morgan fingerprint density at radius 1 is 1.10 bits per heavy atom. The van der Waals surface area contributed by atoms with E-state index in [1.54, 1.807) is 0 Å². The number of piperidine rings is 1. The Hall–Kier alpha value is -1.88. The predicted octanol–water partition coefficient (Wildman–Crippen LogP) is 5.40. The topological polar surface area (TPSA) is 39.1 Å². The second kappa shape index (κ2) is 9.29. The lowest BCUT2D eigenvalue weighted by Gasteiger charge is -2.39. The molecular formula is C24H30ClN3O. The lowest BCUT2D eigenvalue weighted by atomic mass is 9.77. The van der Waals surface area contributed by atoms with Crippen molar-refractivity contribution in [2.24, 2.45) is 5.92 Å². The van der Waals surface area contributed by atoms with Crippen LogP contribution < -0.4 is 5.32 Å². The van der Waals surface area contributed by atoms with Crippen LogP contribution in [0.15, 0.2) is 48.5 Å². The summed E-state index contributed by atoms with van der Waals surface area (Å²) >= 11 is 6.14. The van der Waals surface area contributed by atoms with Crippen molar-refractivity contribution >= 4 is 22.6 Å². The van der Waals surface area contributed by atoms with E-state index in [2.05, 4.69) is 54.1 Å². The van der Waals surface area contributed by atoms with Gasteiger partial charge < -0.3 is 14.6 Å². The average molecular weight is 412 g/mol. The van der Waals surface area contributed by atoms with E-state index in [9.17, 15) is 0 Å². The van der Waals surface area contributed by atoms with E-state index >= 15 is 0 Å². The summed E-state index contributed by atoms with van der Waals surface area (Å²) in [5.41, 5.74) is 3.53. The van der Waals surface area contributed by atoms with Gasteiger partial charge in [-0.15, -0.1) is 0 Å². The van der Waals surface area contributed by atoms with Crippen molar-refractivity contribution in [3.63, 3.8) is 0 Å². The zero-order chi connectivity index (χ0) is 20.2. The Kier molecular flexibility index (Phi) is 6.53. The van der Waals surface area contributed by atoms with Crippen molar-refractivity contribution in [1.82, 2.24) is 14.9 Å². The van der Waals surface area contributed by atoms with Gasteiger partial charge >= 0.3 is 0 Å². The molecule has 1 aliphatic rings. The van der Waals surface area contributed by atoms with E-state index in [0.29, 0.717) is 18.4 Å². The van der Waals surface area contributed by atoms with E-state index in [-0.39, 0.29) is 6.10 Å². The molecule has 0 radical (unpaired) electrons. The number of rotatable bonds is 7. The molecule has 29 heavy (non-hydrogen) atoms. The molecule has 3 unspecified atom stereocenters. The third-order valence-electron chi connectivity index (χ3n) is 6.05. The normalized spacial score (nSPS) is 22.2. The number of halogens is 1. The van der Waals surface area contributed by atoms with Gasteiger partial charge in [0, 0.05) is 24.0 Å². The van der Waals surface area contributed by atoms with Crippen LogP contribution in [0.1, 0.15) is 44.0 Å². The highest BCUT2D eigenvalue weighted by Crippen LogP contribution is 2.36. The molecule has 154 valence electrons. The van der Waals surface area contributed by atoms with Gasteiger partial charge in [-0.3, -0.25) is 0 Å². The predicted molar refractivity (Wildman–Crippen MR) is 119 cm³/mol. The molecule has 1 saturated heterocycles. The van der Waals surface area contributed by atoms with Gasteiger partial charge in [-0.25, -0.2) is 4.98 Å². The van der Waals surface area contributed by atoms with Crippen LogP contribution in [0.4, 0.5) is 0 Å². The molecule has 4 nitrogen and oxygen atoms in total. The third kappa shape index (κ3) is 4.35. The van der Waals surface area contributed by atoms with Crippen molar-refractivity contribution in [3.8, 4) is 0 Å². The number of aromatic nitrogens is 2. The van der Waals surface area contributed by atoms with Gasteiger partial charge in [0.05, 0.1) is 17.1 Å². The van der Waals surface area contributed by atoms with Crippen LogP contribution in [-0.4, -0.2) is 28.7 Å². The number of benzene rings is 2. The highest BCUT2D eigenvalue weighted by atomic mass is 35.5.